The van der Waals surface area contributed by atoms with Crippen LogP contribution in [0.3, 0.4) is 0 Å². The van der Waals surface area contributed by atoms with E-state index in [1.165, 1.54) is 5.56 Å². The van der Waals surface area contributed by atoms with E-state index in [4.69, 9.17) is 0 Å². The molecule has 0 aliphatic rings. The molecule has 1 rings (SSSR count). The summed E-state index contributed by atoms with van der Waals surface area (Å²) in [5, 5.41) is 3.01. The third kappa shape index (κ3) is 4.45. The van der Waals surface area contributed by atoms with Gasteiger partial charge in [-0.25, -0.2) is 0 Å². The number of carbonyl (C=O) groups is 1. The van der Waals surface area contributed by atoms with Crippen LogP contribution >= 0.6 is 15.9 Å². The van der Waals surface area contributed by atoms with Gasteiger partial charge in [0.15, 0.2) is 0 Å². The Bertz CT molecular complexity index is 403. The van der Waals surface area contributed by atoms with Crippen molar-refractivity contribution in [2.24, 2.45) is 5.92 Å². The molecule has 1 aromatic rings. The number of unbranched alkanes of at least 4 members (excludes halogenated alkanes) is 1. The van der Waals surface area contributed by atoms with Crippen molar-refractivity contribution in [1.82, 2.24) is 0 Å². The van der Waals surface area contributed by atoms with Gasteiger partial charge >= 0.3 is 0 Å². The first-order chi connectivity index (χ1) is 8.58. The van der Waals surface area contributed by atoms with E-state index in [1.54, 1.807) is 0 Å². The fourth-order valence-electron chi connectivity index (χ4n) is 1.93. The second-order valence-corrected chi connectivity index (χ2v) is 5.57. The van der Waals surface area contributed by atoms with Crippen molar-refractivity contribution < 1.29 is 4.79 Å². The zero-order chi connectivity index (χ0) is 13.5. The number of rotatable bonds is 6. The van der Waals surface area contributed by atoms with Gasteiger partial charge in [0.25, 0.3) is 0 Å². The van der Waals surface area contributed by atoms with Crippen LogP contribution in [-0.2, 0) is 4.79 Å². The van der Waals surface area contributed by atoms with Crippen LogP contribution < -0.4 is 5.32 Å². The molecule has 0 bridgehead atoms. The van der Waals surface area contributed by atoms with Gasteiger partial charge in [-0.3, -0.25) is 4.79 Å². The highest BCUT2D eigenvalue weighted by Gasteiger charge is 2.16. The SMILES string of the molecule is CCCC[C@@H](CC)C(=O)Nc1ccc(C)cc1Br. The number of hydrogen-bond acceptors (Lipinski definition) is 1. The van der Waals surface area contributed by atoms with Crippen LogP contribution in [-0.4, -0.2) is 5.91 Å². The van der Waals surface area contributed by atoms with Gasteiger partial charge in [0.1, 0.15) is 0 Å². The van der Waals surface area contributed by atoms with Gasteiger partial charge in [-0.2, -0.15) is 0 Å². The fourth-order valence-corrected chi connectivity index (χ4v) is 2.52. The van der Waals surface area contributed by atoms with E-state index in [0.717, 1.165) is 35.8 Å². The molecular weight excluding hydrogens is 290 g/mol. The molecule has 18 heavy (non-hydrogen) atoms. The third-order valence-corrected chi connectivity index (χ3v) is 3.81. The lowest BCUT2D eigenvalue weighted by molar-refractivity contribution is -0.120. The van der Waals surface area contributed by atoms with Gasteiger partial charge in [0.2, 0.25) is 5.91 Å². The lowest BCUT2D eigenvalue weighted by atomic mass is 9.98. The molecule has 1 atom stereocenters. The van der Waals surface area contributed by atoms with Gasteiger partial charge in [0.05, 0.1) is 5.69 Å². The molecule has 0 radical (unpaired) electrons. The molecule has 0 unspecified atom stereocenters. The number of benzene rings is 1. The summed E-state index contributed by atoms with van der Waals surface area (Å²) in [6.07, 6.45) is 4.12. The molecule has 0 heterocycles. The molecule has 1 amide bonds. The summed E-state index contributed by atoms with van der Waals surface area (Å²) < 4.78 is 0.946. The Morgan fingerprint density at radius 3 is 2.67 bits per heavy atom. The number of amides is 1. The van der Waals surface area contributed by atoms with E-state index in [1.807, 2.05) is 25.1 Å². The maximum Gasteiger partial charge on any atom is 0.227 e. The van der Waals surface area contributed by atoms with Crippen LogP contribution in [0.25, 0.3) is 0 Å². The van der Waals surface area contributed by atoms with Crippen LogP contribution in [0.4, 0.5) is 5.69 Å². The van der Waals surface area contributed by atoms with E-state index < -0.39 is 0 Å². The average molecular weight is 312 g/mol. The first-order valence-electron chi connectivity index (χ1n) is 6.65. The van der Waals surface area contributed by atoms with Crippen molar-refractivity contribution in [3.8, 4) is 0 Å². The number of aryl methyl sites for hydroxylation is 1. The van der Waals surface area contributed by atoms with E-state index in [2.05, 4.69) is 35.1 Å². The Morgan fingerprint density at radius 1 is 1.39 bits per heavy atom. The summed E-state index contributed by atoms with van der Waals surface area (Å²) in [6.45, 7) is 6.26. The predicted octanol–water partition coefficient (Wildman–Crippen LogP) is 4.91. The van der Waals surface area contributed by atoms with Crippen LogP contribution in [0.1, 0.15) is 45.1 Å². The largest absolute Gasteiger partial charge is 0.325 e. The number of halogens is 1. The smallest absolute Gasteiger partial charge is 0.227 e. The minimum absolute atomic E-state index is 0.123. The highest BCUT2D eigenvalue weighted by Crippen LogP contribution is 2.25. The van der Waals surface area contributed by atoms with E-state index >= 15 is 0 Å². The molecule has 3 heteroatoms. The minimum atomic E-state index is 0.123. The van der Waals surface area contributed by atoms with E-state index in [0.29, 0.717) is 0 Å². The number of nitrogens with one attached hydrogen (secondary N) is 1. The third-order valence-electron chi connectivity index (χ3n) is 3.15. The lowest BCUT2D eigenvalue weighted by Crippen LogP contribution is -2.22. The molecule has 0 fully saturated rings. The molecule has 0 aromatic heterocycles. The van der Waals surface area contributed by atoms with Gasteiger partial charge in [-0.1, -0.05) is 32.8 Å². The quantitative estimate of drug-likeness (QED) is 0.794. The molecule has 0 spiro atoms. The Kier molecular flexibility index (Phi) is 6.41. The van der Waals surface area contributed by atoms with Gasteiger partial charge in [-0.15, -0.1) is 0 Å². The number of carbonyl (C=O) groups excluding carboxylic acids is 1. The first-order valence-corrected chi connectivity index (χ1v) is 7.44. The van der Waals surface area contributed by atoms with Crippen LogP contribution in [0.15, 0.2) is 22.7 Å². The molecule has 0 saturated carbocycles. The molecule has 100 valence electrons. The second kappa shape index (κ2) is 7.57. The monoisotopic (exact) mass is 311 g/mol. The highest BCUT2D eigenvalue weighted by atomic mass is 79.9. The topological polar surface area (TPSA) is 29.1 Å². The predicted molar refractivity (Wildman–Crippen MR) is 80.8 cm³/mol. The Hall–Kier alpha value is -0.830. The molecule has 0 aliphatic heterocycles. The van der Waals surface area contributed by atoms with Crippen molar-refractivity contribution in [2.45, 2.75) is 46.5 Å². The minimum Gasteiger partial charge on any atom is -0.325 e. The Balaban J connectivity index is 2.67. The lowest BCUT2D eigenvalue weighted by Gasteiger charge is -2.15. The van der Waals surface area contributed by atoms with Gasteiger partial charge in [-0.05, 0) is 53.4 Å². The molecular formula is C15H22BrNO. The molecule has 1 N–H and O–H groups in total. The summed E-state index contributed by atoms with van der Waals surface area (Å²) in [4.78, 5) is 12.2. The summed E-state index contributed by atoms with van der Waals surface area (Å²) >= 11 is 3.48. The Morgan fingerprint density at radius 2 is 2.11 bits per heavy atom. The zero-order valence-corrected chi connectivity index (χ0v) is 13.0. The Labute approximate surface area is 118 Å². The van der Waals surface area contributed by atoms with Gasteiger partial charge in [0, 0.05) is 10.4 Å². The van der Waals surface area contributed by atoms with Crippen molar-refractivity contribution >= 4 is 27.5 Å². The summed E-state index contributed by atoms with van der Waals surface area (Å²) in [5.74, 6) is 0.258. The van der Waals surface area contributed by atoms with Crippen molar-refractivity contribution in [3.63, 3.8) is 0 Å². The zero-order valence-electron chi connectivity index (χ0n) is 11.4. The van der Waals surface area contributed by atoms with Crippen molar-refractivity contribution in [1.29, 1.82) is 0 Å². The maximum absolute atomic E-state index is 12.2. The van der Waals surface area contributed by atoms with Crippen molar-refractivity contribution in [3.05, 3.63) is 28.2 Å². The summed E-state index contributed by atoms with van der Waals surface area (Å²) in [7, 11) is 0. The second-order valence-electron chi connectivity index (χ2n) is 4.72. The van der Waals surface area contributed by atoms with Crippen molar-refractivity contribution in [2.75, 3.05) is 5.32 Å². The molecule has 0 saturated heterocycles. The highest BCUT2D eigenvalue weighted by molar-refractivity contribution is 9.10. The first kappa shape index (κ1) is 15.2. The van der Waals surface area contributed by atoms with Crippen LogP contribution in [0, 0.1) is 12.8 Å². The van der Waals surface area contributed by atoms with Crippen LogP contribution in [0.5, 0.6) is 0 Å². The number of hydrogen-bond donors (Lipinski definition) is 1. The molecule has 2 nitrogen and oxygen atoms in total. The molecule has 1 aromatic carbocycles. The fraction of sp³-hybridized carbons (Fsp3) is 0.533. The standard InChI is InChI=1S/C15H22BrNO/c1-4-6-7-12(5-2)15(18)17-14-9-8-11(3)10-13(14)16/h8-10,12H,4-7H2,1-3H3,(H,17,18)/t12-/m1/s1. The van der Waals surface area contributed by atoms with Crippen LogP contribution in [0.2, 0.25) is 0 Å². The molecule has 0 aliphatic carbocycles. The van der Waals surface area contributed by atoms with Gasteiger partial charge < -0.3 is 5.32 Å². The van der Waals surface area contributed by atoms with E-state index in [-0.39, 0.29) is 11.8 Å². The summed E-state index contributed by atoms with van der Waals surface area (Å²) in [5.41, 5.74) is 2.04. The normalized spacial score (nSPS) is 12.2. The number of anilines is 1. The summed E-state index contributed by atoms with van der Waals surface area (Å²) in [6, 6.07) is 5.97. The van der Waals surface area contributed by atoms with E-state index in [9.17, 15) is 4.79 Å². The maximum atomic E-state index is 12.2. The average Bonchev–Trinajstić information content (AvgIpc) is 2.34.